The molecule has 0 aromatic carbocycles. The highest BCUT2D eigenvalue weighted by molar-refractivity contribution is 7.09. The van der Waals surface area contributed by atoms with Crippen molar-refractivity contribution in [2.75, 3.05) is 6.54 Å². The molecule has 0 saturated heterocycles. The van der Waals surface area contributed by atoms with Gasteiger partial charge in [0.05, 0.1) is 5.51 Å². The van der Waals surface area contributed by atoms with Gasteiger partial charge in [-0.2, -0.15) is 13.2 Å². The number of aromatic nitrogens is 1. The van der Waals surface area contributed by atoms with Gasteiger partial charge in [0.25, 0.3) is 0 Å². The van der Waals surface area contributed by atoms with E-state index in [2.05, 4.69) is 10.3 Å². The molecular weight excluding hydrogens is 213 g/mol. The molecule has 1 atom stereocenters. The quantitative estimate of drug-likeness (QED) is 0.848. The average Bonchev–Trinajstić information content (AvgIpc) is 2.54. The van der Waals surface area contributed by atoms with Gasteiger partial charge in [0, 0.05) is 17.5 Å². The summed E-state index contributed by atoms with van der Waals surface area (Å²) in [6.45, 7) is 1.97. The largest absolute Gasteiger partial charge is 0.404 e. The summed E-state index contributed by atoms with van der Waals surface area (Å²) in [4.78, 5) is 4.39. The predicted octanol–water partition coefficient (Wildman–Crippen LogP) is 2.23. The predicted molar refractivity (Wildman–Crippen MR) is 49.3 cm³/mol. The zero-order valence-electron chi connectivity index (χ0n) is 7.64. The average molecular weight is 224 g/mol. The number of hydrogen-bond donors (Lipinski definition) is 1. The summed E-state index contributed by atoms with van der Waals surface area (Å²) in [6.07, 6.45) is -2.76. The van der Waals surface area contributed by atoms with Gasteiger partial charge in [0.15, 0.2) is 0 Å². The lowest BCUT2D eigenvalue weighted by Crippen LogP contribution is -2.43. The lowest BCUT2D eigenvalue weighted by Gasteiger charge is -2.19. The van der Waals surface area contributed by atoms with E-state index in [0.29, 0.717) is 11.4 Å². The van der Waals surface area contributed by atoms with Crippen LogP contribution in [-0.2, 0) is 6.42 Å². The van der Waals surface area contributed by atoms with Crippen LogP contribution >= 0.6 is 11.3 Å². The first kappa shape index (κ1) is 11.5. The Morgan fingerprint density at radius 2 is 2.29 bits per heavy atom. The Labute approximate surface area is 84.2 Å². The van der Waals surface area contributed by atoms with E-state index in [1.54, 1.807) is 6.92 Å². The zero-order valence-corrected chi connectivity index (χ0v) is 8.45. The summed E-state index contributed by atoms with van der Waals surface area (Å²) < 4.78 is 37.3. The third-order valence-electron chi connectivity index (χ3n) is 1.73. The number of nitrogens with one attached hydrogen (secondary N) is 1. The maximum atomic E-state index is 12.4. The van der Waals surface area contributed by atoms with Crippen LogP contribution < -0.4 is 5.32 Å². The van der Waals surface area contributed by atoms with E-state index in [4.69, 9.17) is 0 Å². The van der Waals surface area contributed by atoms with Crippen molar-refractivity contribution in [3.8, 4) is 0 Å². The first-order valence-electron chi connectivity index (χ1n) is 4.21. The number of halogens is 3. The number of likely N-dealkylation sites (N-methyl/N-ethyl adjacent to an activating group) is 1. The van der Waals surface area contributed by atoms with Crippen LogP contribution in [0.5, 0.6) is 0 Å². The van der Waals surface area contributed by atoms with Crippen molar-refractivity contribution >= 4 is 11.3 Å². The van der Waals surface area contributed by atoms with E-state index >= 15 is 0 Å². The van der Waals surface area contributed by atoms with E-state index in [0.717, 1.165) is 0 Å². The Bertz CT molecular complexity index is 258. The molecule has 1 unspecified atom stereocenters. The highest BCUT2D eigenvalue weighted by Gasteiger charge is 2.39. The van der Waals surface area contributed by atoms with Gasteiger partial charge in [-0.05, 0) is 6.54 Å². The third kappa shape index (κ3) is 3.26. The second-order valence-corrected chi connectivity index (χ2v) is 3.79. The molecule has 1 N–H and O–H groups in total. The summed E-state index contributed by atoms with van der Waals surface area (Å²) in [5, 5.41) is 2.41. The van der Waals surface area contributed by atoms with Gasteiger partial charge in [-0.1, -0.05) is 6.92 Å². The first-order valence-corrected chi connectivity index (χ1v) is 5.09. The van der Waals surface area contributed by atoms with Crippen molar-refractivity contribution in [2.45, 2.75) is 25.6 Å². The maximum Gasteiger partial charge on any atom is 0.404 e. The van der Waals surface area contributed by atoms with E-state index < -0.39 is 12.2 Å². The van der Waals surface area contributed by atoms with Gasteiger partial charge in [-0.3, -0.25) is 4.98 Å². The van der Waals surface area contributed by atoms with Crippen LogP contribution in [-0.4, -0.2) is 23.7 Å². The summed E-state index contributed by atoms with van der Waals surface area (Å²) in [5.41, 5.74) is 1.54. The lowest BCUT2D eigenvalue weighted by molar-refractivity contribution is -0.155. The highest BCUT2D eigenvalue weighted by Crippen LogP contribution is 2.24. The molecule has 1 rings (SSSR count). The molecule has 0 amide bonds. The molecular formula is C8H11F3N2S. The van der Waals surface area contributed by atoms with Crippen LogP contribution in [0.4, 0.5) is 13.2 Å². The molecule has 14 heavy (non-hydrogen) atoms. The van der Waals surface area contributed by atoms with Crippen LogP contribution in [0.2, 0.25) is 0 Å². The molecule has 0 bridgehead atoms. The minimum atomic E-state index is -4.19. The van der Waals surface area contributed by atoms with Gasteiger partial charge in [-0.15, -0.1) is 11.3 Å². The molecule has 0 aliphatic heterocycles. The Balaban J connectivity index is 2.60. The van der Waals surface area contributed by atoms with Crippen LogP contribution in [0.15, 0.2) is 11.7 Å². The summed E-state index contributed by atoms with van der Waals surface area (Å²) >= 11 is 1.24. The Morgan fingerprint density at radius 1 is 1.57 bits per heavy atom. The molecule has 0 fully saturated rings. The van der Waals surface area contributed by atoms with Crippen LogP contribution in [0.25, 0.3) is 0 Å². The maximum absolute atomic E-state index is 12.4. The van der Waals surface area contributed by atoms with Crippen molar-refractivity contribution in [3.63, 3.8) is 0 Å². The summed E-state index contributed by atoms with van der Waals surface area (Å²) in [6, 6.07) is -1.46. The van der Waals surface area contributed by atoms with Gasteiger partial charge >= 0.3 is 6.18 Å². The standard InChI is InChI=1S/C8H11F3N2S/c1-2-13-7(8(9,10)11)3-6-4-12-5-14-6/h4-5,7,13H,2-3H2,1H3. The van der Waals surface area contributed by atoms with E-state index in [1.165, 1.54) is 23.0 Å². The van der Waals surface area contributed by atoms with Gasteiger partial charge in [0.2, 0.25) is 0 Å². The normalized spacial score (nSPS) is 14.3. The summed E-state index contributed by atoms with van der Waals surface area (Å²) in [5.74, 6) is 0. The molecule has 2 nitrogen and oxygen atoms in total. The third-order valence-corrected chi connectivity index (χ3v) is 2.54. The number of rotatable bonds is 4. The minimum Gasteiger partial charge on any atom is -0.306 e. The molecule has 1 aromatic heterocycles. The molecule has 0 radical (unpaired) electrons. The Kier molecular flexibility index (Phi) is 3.88. The van der Waals surface area contributed by atoms with Gasteiger partial charge < -0.3 is 5.32 Å². The van der Waals surface area contributed by atoms with Crippen LogP contribution in [0.1, 0.15) is 11.8 Å². The molecule has 0 spiro atoms. The fraction of sp³-hybridized carbons (Fsp3) is 0.625. The molecule has 0 aliphatic rings. The minimum absolute atomic E-state index is 0.0397. The van der Waals surface area contributed by atoms with E-state index in [9.17, 15) is 13.2 Å². The first-order chi connectivity index (χ1) is 6.54. The second kappa shape index (κ2) is 4.75. The Morgan fingerprint density at radius 3 is 2.71 bits per heavy atom. The molecule has 6 heteroatoms. The van der Waals surface area contributed by atoms with E-state index in [1.807, 2.05) is 0 Å². The number of nitrogens with zero attached hydrogens (tertiary/aromatic N) is 1. The van der Waals surface area contributed by atoms with Gasteiger partial charge in [0.1, 0.15) is 6.04 Å². The van der Waals surface area contributed by atoms with Crippen molar-refractivity contribution in [1.82, 2.24) is 10.3 Å². The smallest absolute Gasteiger partial charge is 0.306 e. The molecule has 80 valence electrons. The second-order valence-electron chi connectivity index (χ2n) is 2.82. The molecule has 0 saturated carbocycles. The van der Waals surface area contributed by atoms with Crippen molar-refractivity contribution in [3.05, 3.63) is 16.6 Å². The molecule has 1 heterocycles. The monoisotopic (exact) mass is 224 g/mol. The van der Waals surface area contributed by atoms with E-state index in [-0.39, 0.29) is 6.42 Å². The SMILES string of the molecule is CCNC(Cc1cncs1)C(F)(F)F. The van der Waals surface area contributed by atoms with Crippen molar-refractivity contribution < 1.29 is 13.2 Å². The van der Waals surface area contributed by atoms with Crippen LogP contribution in [0.3, 0.4) is 0 Å². The fourth-order valence-electron chi connectivity index (χ4n) is 1.09. The number of thiazole rings is 1. The zero-order chi connectivity index (χ0) is 10.6. The molecule has 0 aliphatic carbocycles. The van der Waals surface area contributed by atoms with Crippen molar-refractivity contribution in [2.24, 2.45) is 0 Å². The summed E-state index contributed by atoms with van der Waals surface area (Å²) in [7, 11) is 0. The lowest BCUT2D eigenvalue weighted by atomic mass is 10.2. The van der Waals surface area contributed by atoms with Crippen LogP contribution in [0, 0.1) is 0 Å². The highest BCUT2D eigenvalue weighted by atomic mass is 32.1. The number of hydrogen-bond acceptors (Lipinski definition) is 3. The number of alkyl halides is 3. The molecule has 1 aromatic rings. The topological polar surface area (TPSA) is 24.9 Å². The van der Waals surface area contributed by atoms with Crippen molar-refractivity contribution in [1.29, 1.82) is 0 Å². The Hall–Kier alpha value is -0.620. The van der Waals surface area contributed by atoms with Gasteiger partial charge in [-0.25, -0.2) is 0 Å². The fourth-order valence-corrected chi connectivity index (χ4v) is 1.74.